The smallest absolute Gasteiger partial charge is 0.310 e. The molecule has 1 aromatic heterocycles. The van der Waals surface area contributed by atoms with Gasteiger partial charge in [0.1, 0.15) is 0 Å². The normalized spacial score (nSPS) is 11.8. The van der Waals surface area contributed by atoms with Crippen molar-refractivity contribution in [3.05, 3.63) is 69.9 Å². The third kappa shape index (κ3) is 5.40. The van der Waals surface area contributed by atoms with Gasteiger partial charge < -0.3 is 4.74 Å². The molecule has 0 unspecified atom stereocenters. The molecule has 0 aliphatic heterocycles. The SMILES string of the molecule is CCOC(=O)CC(/C=C/c1ccccc1)=C\c1cccs1. The summed E-state index contributed by atoms with van der Waals surface area (Å²) in [6.07, 6.45) is 6.31. The zero-order chi connectivity index (χ0) is 14.9. The van der Waals surface area contributed by atoms with Crippen LogP contribution in [0.15, 0.2) is 59.5 Å². The number of hydrogen-bond donors (Lipinski definition) is 0. The summed E-state index contributed by atoms with van der Waals surface area (Å²) >= 11 is 1.65. The lowest BCUT2D eigenvalue weighted by atomic mass is 10.1. The Morgan fingerprint density at radius 3 is 2.67 bits per heavy atom. The van der Waals surface area contributed by atoms with Crippen molar-refractivity contribution in [1.29, 1.82) is 0 Å². The van der Waals surface area contributed by atoms with Gasteiger partial charge in [-0.25, -0.2) is 0 Å². The van der Waals surface area contributed by atoms with Crippen LogP contribution in [0.2, 0.25) is 0 Å². The lowest BCUT2D eigenvalue weighted by Gasteiger charge is -2.03. The summed E-state index contributed by atoms with van der Waals surface area (Å²) in [5.74, 6) is -0.196. The summed E-state index contributed by atoms with van der Waals surface area (Å²) in [5, 5.41) is 2.02. The second-order valence-corrected chi connectivity index (χ2v) is 5.44. The summed E-state index contributed by atoms with van der Waals surface area (Å²) in [6, 6.07) is 14.1. The van der Waals surface area contributed by atoms with E-state index in [1.54, 1.807) is 11.3 Å². The number of hydrogen-bond acceptors (Lipinski definition) is 3. The summed E-state index contributed by atoms with van der Waals surface area (Å²) in [6.45, 7) is 2.23. The molecular weight excluding hydrogens is 280 g/mol. The third-order valence-corrected chi connectivity index (χ3v) is 3.63. The zero-order valence-corrected chi connectivity index (χ0v) is 12.8. The zero-order valence-electron chi connectivity index (χ0n) is 12.0. The number of thiophene rings is 1. The highest BCUT2D eigenvalue weighted by molar-refractivity contribution is 7.10. The Labute approximate surface area is 129 Å². The lowest BCUT2D eigenvalue weighted by Crippen LogP contribution is -2.04. The first-order valence-electron chi connectivity index (χ1n) is 6.91. The Kier molecular flexibility index (Phi) is 5.98. The minimum Gasteiger partial charge on any atom is -0.466 e. The van der Waals surface area contributed by atoms with Crippen LogP contribution in [-0.4, -0.2) is 12.6 Å². The molecule has 2 nitrogen and oxygen atoms in total. The average molecular weight is 298 g/mol. The minimum atomic E-state index is -0.196. The molecular formula is C18H18O2S. The maximum absolute atomic E-state index is 11.7. The Hall–Kier alpha value is -2.13. The molecule has 1 aromatic carbocycles. The molecule has 0 bridgehead atoms. The molecule has 0 saturated heterocycles. The first-order chi connectivity index (χ1) is 10.3. The number of allylic oxidation sites excluding steroid dienone is 1. The predicted octanol–water partition coefficient (Wildman–Crippen LogP) is 4.80. The Balaban J connectivity index is 2.15. The molecule has 0 spiro atoms. The second kappa shape index (κ2) is 8.22. The number of esters is 1. The number of rotatable bonds is 6. The summed E-state index contributed by atoms with van der Waals surface area (Å²) in [4.78, 5) is 12.8. The van der Waals surface area contributed by atoms with E-state index in [-0.39, 0.29) is 12.4 Å². The Morgan fingerprint density at radius 1 is 1.19 bits per heavy atom. The molecule has 0 atom stereocenters. The molecule has 0 aliphatic carbocycles. The van der Waals surface area contributed by atoms with Crippen molar-refractivity contribution in [1.82, 2.24) is 0 Å². The summed E-state index contributed by atoms with van der Waals surface area (Å²) in [5.41, 5.74) is 2.05. The van der Waals surface area contributed by atoms with E-state index < -0.39 is 0 Å². The van der Waals surface area contributed by atoms with E-state index >= 15 is 0 Å². The van der Waals surface area contributed by atoms with E-state index in [9.17, 15) is 4.79 Å². The molecule has 0 fully saturated rings. The predicted molar refractivity (Wildman–Crippen MR) is 89.0 cm³/mol. The van der Waals surface area contributed by atoms with E-state index in [0.29, 0.717) is 6.61 Å². The van der Waals surface area contributed by atoms with Crippen LogP contribution in [0.5, 0.6) is 0 Å². The van der Waals surface area contributed by atoms with Gasteiger partial charge >= 0.3 is 5.97 Å². The molecule has 3 heteroatoms. The van der Waals surface area contributed by atoms with Gasteiger partial charge in [0.25, 0.3) is 0 Å². The topological polar surface area (TPSA) is 26.3 Å². The summed E-state index contributed by atoms with van der Waals surface area (Å²) < 4.78 is 5.03. The highest BCUT2D eigenvalue weighted by Gasteiger charge is 2.05. The van der Waals surface area contributed by atoms with Gasteiger partial charge in [0.15, 0.2) is 0 Å². The van der Waals surface area contributed by atoms with Crippen molar-refractivity contribution in [2.24, 2.45) is 0 Å². The third-order valence-electron chi connectivity index (χ3n) is 2.81. The average Bonchev–Trinajstić information content (AvgIpc) is 2.99. The number of carbonyl (C=O) groups excluding carboxylic acids is 1. The van der Waals surface area contributed by atoms with Crippen molar-refractivity contribution in [3.8, 4) is 0 Å². The van der Waals surface area contributed by atoms with Gasteiger partial charge in [-0.2, -0.15) is 0 Å². The molecule has 0 amide bonds. The van der Waals surface area contributed by atoms with Crippen molar-refractivity contribution in [3.63, 3.8) is 0 Å². The van der Waals surface area contributed by atoms with Gasteiger partial charge in [-0.05, 0) is 35.6 Å². The second-order valence-electron chi connectivity index (χ2n) is 4.46. The highest BCUT2D eigenvalue weighted by Crippen LogP contribution is 2.17. The van der Waals surface area contributed by atoms with E-state index in [1.165, 1.54) is 0 Å². The number of benzene rings is 1. The lowest BCUT2D eigenvalue weighted by molar-refractivity contribution is -0.142. The quantitative estimate of drug-likeness (QED) is 0.565. The van der Waals surface area contributed by atoms with Crippen LogP contribution < -0.4 is 0 Å². The fourth-order valence-electron chi connectivity index (χ4n) is 1.86. The molecule has 2 aromatic rings. The first-order valence-corrected chi connectivity index (χ1v) is 7.78. The molecule has 0 N–H and O–H groups in total. The van der Waals surface area contributed by atoms with Gasteiger partial charge in [-0.15, -0.1) is 11.3 Å². The molecule has 0 radical (unpaired) electrons. The van der Waals surface area contributed by atoms with Crippen molar-refractivity contribution < 1.29 is 9.53 Å². The van der Waals surface area contributed by atoms with Gasteiger partial charge in [0.05, 0.1) is 13.0 Å². The van der Waals surface area contributed by atoms with E-state index in [4.69, 9.17) is 4.74 Å². The van der Waals surface area contributed by atoms with Gasteiger partial charge in [-0.1, -0.05) is 48.6 Å². The fraction of sp³-hybridized carbons (Fsp3) is 0.167. The van der Waals surface area contributed by atoms with Gasteiger partial charge in [-0.3, -0.25) is 4.79 Å². The van der Waals surface area contributed by atoms with Crippen LogP contribution in [0, 0.1) is 0 Å². The number of ether oxygens (including phenoxy) is 1. The number of carbonyl (C=O) groups is 1. The van der Waals surface area contributed by atoms with Crippen LogP contribution in [0.3, 0.4) is 0 Å². The molecule has 108 valence electrons. The summed E-state index contributed by atoms with van der Waals surface area (Å²) in [7, 11) is 0. The monoisotopic (exact) mass is 298 g/mol. The maximum Gasteiger partial charge on any atom is 0.310 e. The van der Waals surface area contributed by atoms with Crippen LogP contribution in [0.4, 0.5) is 0 Å². The minimum absolute atomic E-state index is 0.196. The van der Waals surface area contributed by atoms with E-state index in [2.05, 4.69) is 0 Å². The van der Waals surface area contributed by atoms with Crippen LogP contribution >= 0.6 is 11.3 Å². The van der Waals surface area contributed by atoms with Gasteiger partial charge in [0, 0.05) is 4.88 Å². The van der Waals surface area contributed by atoms with Crippen molar-refractivity contribution >= 4 is 29.5 Å². The molecule has 21 heavy (non-hydrogen) atoms. The Morgan fingerprint density at radius 2 is 2.00 bits per heavy atom. The first kappa shape index (κ1) is 15.3. The molecule has 2 rings (SSSR count). The van der Waals surface area contributed by atoms with E-state index in [0.717, 1.165) is 16.0 Å². The molecule has 0 saturated carbocycles. The highest BCUT2D eigenvalue weighted by atomic mass is 32.1. The van der Waals surface area contributed by atoms with E-state index in [1.807, 2.05) is 73.0 Å². The molecule has 1 heterocycles. The standard InChI is InChI=1S/C18H18O2S/c1-2-20-18(19)14-16(13-17-9-6-12-21-17)11-10-15-7-4-3-5-8-15/h3-13H,2,14H2,1H3/b11-10+,16-13-. The van der Waals surface area contributed by atoms with Crippen LogP contribution in [-0.2, 0) is 9.53 Å². The van der Waals surface area contributed by atoms with Crippen LogP contribution in [0.1, 0.15) is 23.8 Å². The van der Waals surface area contributed by atoms with Crippen molar-refractivity contribution in [2.45, 2.75) is 13.3 Å². The maximum atomic E-state index is 11.7. The Bertz CT molecular complexity index is 610. The van der Waals surface area contributed by atoms with Crippen LogP contribution in [0.25, 0.3) is 12.2 Å². The fourth-order valence-corrected chi connectivity index (χ4v) is 2.55. The molecule has 0 aliphatic rings. The van der Waals surface area contributed by atoms with Crippen molar-refractivity contribution in [2.75, 3.05) is 6.61 Å². The largest absolute Gasteiger partial charge is 0.466 e. The van der Waals surface area contributed by atoms with Gasteiger partial charge in [0.2, 0.25) is 0 Å².